The Bertz CT molecular complexity index is 1190. The van der Waals surface area contributed by atoms with Gasteiger partial charge in [-0.25, -0.2) is 4.79 Å². The summed E-state index contributed by atoms with van der Waals surface area (Å²) in [5.74, 6) is 0.806. The number of carbonyl (C=O) groups is 1. The van der Waals surface area contributed by atoms with Gasteiger partial charge in [-0.15, -0.1) is 0 Å². The van der Waals surface area contributed by atoms with Crippen LogP contribution in [0, 0.1) is 0 Å². The van der Waals surface area contributed by atoms with E-state index >= 15 is 0 Å². The SMILES string of the molecule is COc1cc2cc(NC(=O)/C=C/c3cc(OC)c(OC)c(OC)c3)c(=O)oc2cc1O. The number of aromatic hydroxyl groups is 1. The van der Waals surface area contributed by atoms with Gasteiger partial charge in [0.2, 0.25) is 11.7 Å². The number of rotatable bonds is 7. The Labute approximate surface area is 177 Å². The van der Waals surface area contributed by atoms with Crippen molar-refractivity contribution in [1.29, 1.82) is 0 Å². The van der Waals surface area contributed by atoms with E-state index in [2.05, 4.69) is 5.32 Å². The molecule has 2 aromatic carbocycles. The molecule has 1 amide bonds. The summed E-state index contributed by atoms with van der Waals surface area (Å²) in [5, 5.41) is 12.8. The second-order valence-corrected chi connectivity index (χ2v) is 6.29. The Kier molecular flexibility index (Phi) is 6.35. The summed E-state index contributed by atoms with van der Waals surface area (Å²) in [7, 11) is 5.88. The van der Waals surface area contributed by atoms with Gasteiger partial charge >= 0.3 is 5.63 Å². The summed E-state index contributed by atoms with van der Waals surface area (Å²) >= 11 is 0. The van der Waals surface area contributed by atoms with Crippen LogP contribution >= 0.6 is 0 Å². The number of phenolic OH excluding ortho intramolecular Hbond substituents is 1. The third kappa shape index (κ3) is 4.55. The van der Waals surface area contributed by atoms with E-state index in [1.165, 1.54) is 58.8 Å². The van der Waals surface area contributed by atoms with Crippen molar-refractivity contribution >= 4 is 28.6 Å². The second-order valence-electron chi connectivity index (χ2n) is 6.29. The maximum absolute atomic E-state index is 12.4. The minimum Gasteiger partial charge on any atom is -0.504 e. The van der Waals surface area contributed by atoms with Crippen LogP contribution in [0.4, 0.5) is 5.69 Å². The van der Waals surface area contributed by atoms with Crippen LogP contribution < -0.4 is 29.9 Å². The number of amides is 1. The maximum atomic E-state index is 12.4. The highest BCUT2D eigenvalue weighted by atomic mass is 16.5. The predicted octanol–water partition coefficient (Wildman–Crippen LogP) is 3.18. The largest absolute Gasteiger partial charge is 0.504 e. The molecule has 162 valence electrons. The zero-order chi connectivity index (χ0) is 22.5. The predicted molar refractivity (Wildman–Crippen MR) is 114 cm³/mol. The molecular formula is C22H21NO8. The molecule has 3 aromatic rings. The van der Waals surface area contributed by atoms with Crippen LogP contribution in [0.3, 0.4) is 0 Å². The van der Waals surface area contributed by atoms with Crippen molar-refractivity contribution in [1.82, 2.24) is 0 Å². The summed E-state index contributed by atoms with van der Waals surface area (Å²) in [4.78, 5) is 24.5. The van der Waals surface area contributed by atoms with Crippen LogP contribution in [0.25, 0.3) is 17.0 Å². The fraction of sp³-hybridized carbons (Fsp3) is 0.182. The molecule has 0 spiro atoms. The number of benzene rings is 2. The molecule has 0 aliphatic carbocycles. The quantitative estimate of drug-likeness (QED) is 0.436. The average Bonchev–Trinajstić information content (AvgIpc) is 2.77. The maximum Gasteiger partial charge on any atom is 0.360 e. The van der Waals surface area contributed by atoms with Crippen molar-refractivity contribution in [2.24, 2.45) is 0 Å². The van der Waals surface area contributed by atoms with Crippen molar-refractivity contribution in [2.45, 2.75) is 0 Å². The molecule has 9 nitrogen and oxygen atoms in total. The van der Waals surface area contributed by atoms with Crippen LogP contribution in [-0.2, 0) is 4.79 Å². The molecule has 0 aliphatic rings. The molecule has 0 fully saturated rings. The fourth-order valence-electron chi connectivity index (χ4n) is 2.93. The number of methoxy groups -OCH3 is 4. The molecule has 31 heavy (non-hydrogen) atoms. The highest BCUT2D eigenvalue weighted by molar-refractivity contribution is 6.02. The van der Waals surface area contributed by atoms with E-state index in [0.717, 1.165) is 0 Å². The van der Waals surface area contributed by atoms with Gasteiger partial charge in [0.05, 0.1) is 28.4 Å². The normalized spacial score (nSPS) is 10.8. The minimum absolute atomic E-state index is 0.0558. The van der Waals surface area contributed by atoms with Crippen molar-refractivity contribution in [3.8, 4) is 28.7 Å². The standard InChI is InChI=1S/C22H21NO8/c1-27-17-10-13-9-14(22(26)31-16(13)11-15(17)24)23-20(25)6-5-12-7-18(28-2)21(30-4)19(8-12)29-3/h5-11,24H,1-4H3,(H,23,25)/b6-5+. The smallest absolute Gasteiger partial charge is 0.360 e. The van der Waals surface area contributed by atoms with Gasteiger partial charge in [0.15, 0.2) is 23.0 Å². The number of hydrogen-bond acceptors (Lipinski definition) is 8. The van der Waals surface area contributed by atoms with Gasteiger partial charge in [0.1, 0.15) is 11.3 Å². The van der Waals surface area contributed by atoms with E-state index in [-0.39, 0.29) is 22.8 Å². The molecule has 1 aromatic heterocycles. The first kappa shape index (κ1) is 21.6. The van der Waals surface area contributed by atoms with Gasteiger partial charge in [-0.1, -0.05) is 0 Å². The number of fused-ring (bicyclic) bond motifs is 1. The molecular weight excluding hydrogens is 406 g/mol. The molecule has 0 radical (unpaired) electrons. The number of phenols is 1. The number of ether oxygens (including phenoxy) is 4. The Morgan fingerprint density at radius 3 is 2.16 bits per heavy atom. The molecule has 0 unspecified atom stereocenters. The van der Waals surface area contributed by atoms with Crippen LogP contribution in [0.5, 0.6) is 28.7 Å². The van der Waals surface area contributed by atoms with E-state index in [9.17, 15) is 14.7 Å². The minimum atomic E-state index is -0.758. The fourth-order valence-corrected chi connectivity index (χ4v) is 2.93. The lowest BCUT2D eigenvalue weighted by atomic mass is 10.1. The molecule has 0 atom stereocenters. The first-order valence-electron chi connectivity index (χ1n) is 9.04. The molecule has 0 saturated heterocycles. The number of hydrogen-bond donors (Lipinski definition) is 2. The first-order chi connectivity index (χ1) is 14.9. The van der Waals surface area contributed by atoms with Crippen LogP contribution in [0.2, 0.25) is 0 Å². The summed E-state index contributed by atoms with van der Waals surface area (Å²) < 4.78 is 26.1. The van der Waals surface area contributed by atoms with Crippen molar-refractivity contribution in [3.05, 3.63) is 52.4 Å². The Morgan fingerprint density at radius 1 is 0.935 bits per heavy atom. The lowest BCUT2D eigenvalue weighted by Gasteiger charge is -2.12. The third-order valence-corrected chi connectivity index (χ3v) is 4.41. The monoisotopic (exact) mass is 427 g/mol. The van der Waals surface area contributed by atoms with Gasteiger partial charge in [-0.3, -0.25) is 4.79 Å². The van der Waals surface area contributed by atoms with Crippen molar-refractivity contribution in [3.63, 3.8) is 0 Å². The summed E-state index contributed by atoms with van der Waals surface area (Å²) in [6.45, 7) is 0. The van der Waals surface area contributed by atoms with Crippen molar-refractivity contribution < 1.29 is 33.3 Å². The summed E-state index contributed by atoms with van der Waals surface area (Å²) in [6.07, 6.45) is 2.78. The van der Waals surface area contributed by atoms with Gasteiger partial charge in [-0.2, -0.15) is 0 Å². The van der Waals surface area contributed by atoms with Crippen LogP contribution in [0.1, 0.15) is 5.56 Å². The average molecular weight is 427 g/mol. The van der Waals surface area contributed by atoms with E-state index in [4.69, 9.17) is 23.4 Å². The van der Waals surface area contributed by atoms with Gasteiger partial charge in [0.25, 0.3) is 0 Å². The lowest BCUT2D eigenvalue weighted by Crippen LogP contribution is -2.15. The third-order valence-electron chi connectivity index (χ3n) is 4.41. The van der Waals surface area contributed by atoms with E-state index in [1.807, 2.05) is 0 Å². The van der Waals surface area contributed by atoms with E-state index in [1.54, 1.807) is 12.1 Å². The van der Waals surface area contributed by atoms with Gasteiger partial charge < -0.3 is 33.8 Å². The Hall–Kier alpha value is -4.14. The molecule has 0 saturated carbocycles. The van der Waals surface area contributed by atoms with E-state index in [0.29, 0.717) is 28.2 Å². The molecule has 9 heteroatoms. The number of anilines is 1. The Morgan fingerprint density at radius 2 is 1.58 bits per heavy atom. The lowest BCUT2D eigenvalue weighted by molar-refractivity contribution is -0.111. The first-order valence-corrected chi connectivity index (χ1v) is 9.04. The Balaban J connectivity index is 1.86. The van der Waals surface area contributed by atoms with E-state index < -0.39 is 11.5 Å². The zero-order valence-corrected chi connectivity index (χ0v) is 17.3. The highest BCUT2D eigenvalue weighted by Crippen LogP contribution is 2.38. The molecule has 3 rings (SSSR count). The van der Waals surface area contributed by atoms with Crippen molar-refractivity contribution in [2.75, 3.05) is 33.8 Å². The number of nitrogens with one attached hydrogen (secondary N) is 1. The van der Waals surface area contributed by atoms with Gasteiger partial charge in [0, 0.05) is 17.5 Å². The van der Waals surface area contributed by atoms with Crippen LogP contribution in [-0.4, -0.2) is 39.5 Å². The molecule has 2 N–H and O–H groups in total. The topological polar surface area (TPSA) is 116 Å². The van der Waals surface area contributed by atoms with Gasteiger partial charge in [-0.05, 0) is 35.9 Å². The summed E-state index contributed by atoms with van der Waals surface area (Å²) in [5.41, 5.74) is -0.0314. The number of carbonyl (C=O) groups excluding carboxylic acids is 1. The van der Waals surface area contributed by atoms with Crippen LogP contribution in [0.15, 0.2) is 45.6 Å². The second kappa shape index (κ2) is 9.12. The highest BCUT2D eigenvalue weighted by Gasteiger charge is 2.13. The molecule has 1 heterocycles. The zero-order valence-electron chi connectivity index (χ0n) is 17.3. The molecule has 0 aliphatic heterocycles. The molecule has 0 bridgehead atoms. The summed E-state index contributed by atoms with van der Waals surface area (Å²) in [6, 6.07) is 7.55.